The number of rotatable bonds is 4. The Morgan fingerprint density at radius 1 is 1.00 bits per heavy atom. The molecule has 2 aromatic rings. The molecule has 2 aromatic heterocycles. The fourth-order valence-corrected chi connectivity index (χ4v) is 2.69. The molecular weight excluding hydrogens is 323 g/mol. The molecule has 3 heterocycles. The zero-order chi connectivity index (χ0) is 13.8. The van der Waals surface area contributed by atoms with Crippen molar-refractivity contribution >= 4 is 24.8 Å². The molecule has 0 amide bonds. The molecule has 0 spiro atoms. The van der Waals surface area contributed by atoms with Gasteiger partial charge in [0.15, 0.2) is 0 Å². The lowest BCUT2D eigenvalue weighted by atomic mass is 10.1. The summed E-state index contributed by atoms with van der Waals surface area (Å²) in [6, 6.07) is 3.76. The third-order valence-electron chi connectivity index (χ3n) is 3.83. The van der Waals surface area contributed by atoms with E-state index in [0.29, 0.717) is 0 Å². The summed E-state index contributed by atoms with van der Waals surface area (Å²) in [5.74, 6) is 0.0924. The maximum Gasteiger partial charge on any atom is 0.238 e. The van der Waals surface area contributed by atoms with Crippen LogP contribution < -0.4 is 0 Å². The van der Waals surface area contributed by atoms with E-state index in [-0.39, 0.29) is 30.7 Å². The Morgan fingerprint density at radius 3 is 2.36 bits per heavy atom. The molecule has 0 saturated carbocycles. The van der Waals surface area contributed by atoms with Crippen LogP contribution in [0.4, 0.5) is 0 Å². The third kappa shape index (κ3) is 4.60. The number of pyridine rings is 1. The van der Waals surface area contributed by atoms with Crippen molar-refractivity contribution in [2.24, 2.45) is 0 Å². The number of piperidine rings is 1. The molecule has 1 N–H and O–H groups in total. The van der Waals surface area contributed by atoms with Crippen molar-refractivity contribution in [3.63, 3.8) is 0 Å². The second-order valence-corrected chi connectivity index (χ2v) is 5.27. The SMILES string of the molecule is Cl.Cl.Oc1nn(CCN2CCCCC2)cc1-c1ccncc1. The molecule has 22 heavy (non-hydrogen) atoms. The average Bonchev–Trinajstić information content (AvgIpc) is 2.88. The summed E-state index contributed by atoms with van der Waals surface area (Å²) >= 11 is 0. The molecule has 122 valence electrons. The lowest BCUT2D eigenvalue weighted by Crippen LogP contribution is -2.32. The van der Waals surface area contributed by atoms with Crippen LogP contribution in [0.1, 0.15) is 19.3 Å². The van der Waals surface area contributed by atoms with E-state index < -0.39 is 0 Å². The molecule has 3 rings (SSSR count). The summed E-state index contributed by atoms with van der Waals surface area (Å²) < 4.78 is 1.83. The molecule has 1 saturated heterocycles. The molecule has 0 bridgehead atoms. The molecular formula is C15H22Cl2N4O. The molecule has 0 unspecified atom stereocenters. The van der Waals surface area contributed by atoms with Crippen molar-refractivity contribution in [1.82, 2.24) is 19.7 Å². The highest BCUT2D eigenvalue weighted by Gasteiger charge is 2.12. The van der Waals surface area contributed by atoms with Crippen molar-refractivity contribution in [3.05, 3.63) is 30.7 Å². The molecule has 5 nitrogen and oxygen atoms in total. The number of hydrogen-bond acceptors (Lipinski definition) is 4. The standard InChI is InChI=1S/C15H20N4O.2ClH/c20-15-14(13-4-6-16-7-5-13)12-19(17-15)11-10-18-8-2-1-3-9-18;;/h4-7,12H,1-3,8-11H2,(H,17,20);2*1H. The van der Waals surface area contributed by atoms with E-state index in [4.69, 9.17) is 0 Å². The Morgan fingerprint density at radius 2 is 1.68 bits per heavy atom. The van der Waals surface area contributed by atoms with Gasteiger partial charge in [0.25, 0.3) is 0 Å². The van der Waals surface area contributed by atoms with Crippen molar-refractivity contribution in [2.45, 2.75) is 25.8 Å². The maximum atomic E-state index is 9.96. The fourth-order valence-electron chi connectivity index (χ4n) is 2.69. The predicted octanol–water partition coefficient (Wildman–Crippen LogP) is 2.98. The molecule has 0 atom stereocenters. The van der Waals surface area contributed by atoms with Gasteiger partial charge in [0, 0.05) is 25.1 Å². The first kappa shape index (κ1) is 18.7. The van der Waals surface area contributed by atoms with Crippen LogP contribution in [0.25, 0.3) is 11.1 Å². The van der Waals surface area contributed by atoms with Gasteiger partial charge in [0.1, 0.15) is 0 Å². The lowest BCUT2D eigenvalue weighted by molar-refractivity contribution is 0.217. The van der Waals surface area contributed by atoms with E-state index in [1.807, 2.05) is 23.0 Å². The van der Waals surface area contributed by atoms with E-state index in [1.54, 1.807) is 12.4 Å². The molecule has 1 aliphatic rings. The molecule has 0 aromatic carbocycles. The fraction of sp³-hybridized carbons (Fsp3) is 0.467. The number of aromatic nitrogens is 3. The number of likely N-dealkylation sites (tertiary alicyclic amines) is 1. The van der Waals surface area contributed by atoms with Gasteiger partial charge in [0.2, 0.25) is 5.88 Å². The Bertz CT molecular complexity index is 556. The first-order valence-electron chi connectivity index (χ1n) is 7.22. The minimum Gasteiger partial charge on any atom is -0.492 e. The van der Waals surface area contributed by atoms with E-state index in [9.17, 15) is 5.11 Å². The van der Waals surface area contributed by atoms with Crippen LogP contribution in [-0.2, 0) is 6.54 Å². The monoisotopic (exact) mass is 344 g/mol. The van der Waals surface area contributed by atoms with Crippen LogP contribution in [0.2, 0.25) is 0 Å². The van der Waals surface area contributed by atoms with E-state index in [0.717, 1.165) is 24.2 Å². The van der Waals surface area contributed by atoms with Crippen LogP contribution in [-0.4, -0.2) is 44.4 Å². The second kappa shape index (κ2) is 8.98. The van der Waals surface area contributed by atoms with Crippen LogP contribution in [0.15, 0.2) is 30.7 Å². The maximum absolute atomic E-state index is 9.96. The zero-order valence-corrected chi connectivity index (χ0v) is 14.0. The van der Waals surface area contributed by atoms with Crippen LogP contribution in [0, 0.1) is 0 Å². The van der Waals surface area contributed by atoms with Crippen molar-refractivity contribution < 1.29 is 5.11 Å². The summed E-state index contributed by atoms with van der Waals surface area (Å²) in [5.41, 5.74) is 1.72. The number of halogens is 2. The van der Waals surface area contributed by atoms with E-state index in [2.05, 4.69) is 15.0 Å². The summed E-state index contributed by atoms with van der Waals surface area (Å²) in [6.07, 6.45) is 9.30. The van der Waals surface area contributed by atoms with Gasteiger partial charge in [-0.3, -0.25) is 9.67 Å². The predicted molar refractivity (Wildman–Crippen MR) is 91.9 cm³/mol. The van der Waals surface area contributed by atoms with Crippen LogP contribution >= 0.6 is 24.8 Å². The van der Waals surface area contributed by atoms with E-state index >= 15 is 0 Å². The Labute approximate surface area is 143 Å². The Kier molecular flexibility index (Phi) is 7.65. The quantitative estimate of drug-likeness (QED) is 0.926. The molecule has 0 aliphatic carbocycles. The topological polar surface area (TPSA) is 54.2 Å². The van der Waals surface area contributed by atoms with Crippen LogP contribution in [0.5, 0.6) is 5.88 Å². The van der Waals surface area contributed by atoms with Gasteiger partial charge in [-0.15, -0.1) is 29.9 Å². The Balaban J connectivity index is 0.00000121. The van der Waals surface area contributed by atoms with Gasteiger partial charge in [-0.25, -0.2) is 0 Å². The van der Waals surface area contributed by atoms with Gasteiger partial charge in [-0.2, -0.15) is 0 Å². The van der Waals surface area contributed by atoms with Crippen molar-refractivity contribution in [2.75, 3.05) is 19.6 Å². The number of nitrogens with zero attached hydrogens (tertiary/aromatic N) is 4. The summed E-state index contributed by atoms with van der Waals surface area (Å²) in [7, 11) is 0. The molecule has 1 aliphatic heterocycles. The van der Waals surface area contributed by atoms with Gasteiger partial charge in [-0.1, -0.05) is 6.42 Å². The van der Waals surface area contributed by atoms with Gasteiger partial charge in [0.05, 0.1) is 12.1 Å². The first-order valence-corrected chi connectivity index (χ1v) is 7.22. The minimum absolute atomic E-state index is 0. The van der Waals surface area contributed by atoms with E-state index in [1.165, 1.54) is 32.4 Å². The Hall–Kier alpha value is -1.30. The first-order chi connectivity index (χ1) is 9.83. The minimum atomic E-state index is 0. The highest BCUT2D eigenvalue weighted by Crippen LogP contribution is 2.26. The highest BCUT2D eigenvalue weighted by molar-refractivity contribution is 5.85. The van der Waals surface area contributed by atoms with Gasteiger partial charge < -0.3 is 10.0 Å². The number of hydrogen-bond donors (Lipinski definition) is 1. The van der Waals surface area contributed by atoms with Crippen LogP contribution in [0.3, 0.4) is 0 Å². The third-order valence-corrected chi connectivity index (χ3v) is 3.83. The second-order valence-electron chi connectivity index (χ2n) is 5.27. The van der Waals surface area contributed by atoms with Crippen molar-refractivity contribution in [3.8, 4) is 17.0 Å². The van der Waals surface area contributed by atoms with Crippen molar-refractivity contribution in [1.29, 1.82) is 0 Å². The lowest BCUT2D eigenvalue weighted by Gasteiger charge is -2.26. The largest absolute Gasteiger partial charge is 0.492 e. The normalized spacial score (nSPS) is 14.9. The summed E-state index contributed by atoms with van der Waals surface area (Å²) in [4.78, 5) is 6.46. The highest BCUT2D eigenvalue weighted by atomic mass is 35.5. The molecule has 0 radical (unpaired) electrons. The molecule has 1 fully saturated rings. The zero-order valence-electron chi connectivity index (χ0n) is 12.4. The van der Waals surface area contributed by atoms with Gasteiger partial charge >= 0.3 is 0 Å². The summed E-state index contributed by atoms with van der Waals surface area (Å²) in [6.45, 7) is 4.18. The summed E-state index contributed by atoms with van der Waals surface area (Å²) in [5, 5.41) is 14.2. The number of aromatic hydroxyl groups is 1. The van der Waals surface area contributed by atoms with Gasteiger partial charge in [-0.05, 0) is 43.6 Å². The molecule has 7 heteroatoms. The average molecular weight is 345 g/mol. The smallest absolute Gasteiger partial charge is 0.238 e.